The molecule has 14 heavy (non-hydrogen) atoms. The minimum absolute atomic E-state index is 0.0783. The Morgan fingerprint density at radius 2 is 2.07 bits per heavy atom. The van der Waals surface area contributed by atoms with Gasteiger partial charge in [0.15, 0.2) is 5.13 Å². The van der Waals surface area contributed by atoms with Crippen molar-refractivity contribution < 1.29 is 4.39 Å². The van der Waals surface area contributed by atoms with E-state index in [0.29, 0.717) is 6.04 Å². The van der Waals surface area contributed by atoms with Crippen LogP contribution in [-0.4, -0.2) is 6.04 Å². The van der Waals surface area contributed by atoms with Crippen molar-refractivity contribution in [1.82, 2.24) is 5.32 Å². The standard InChI is InChI=1S/C11H16FNS/c12-11-7-6-10(14-11)8-13-9-4-2-1-3-5-9/h6-7,9,13H,1-5,8H2. The molecule has 1 saturated carbocycles. The Morgan fingerprint density at radius 1 is 1.29 bits per heavy atom. The van der Waals surface area contributed by atoms with Gasteiger partial charge >= 0.3 is 0 Å². The van der Waals surface area contributed by atoms with Gasteiger partial charge in [0.1, 0.15) is 0 Å². The molecule has 1 heterocycles. The maximum Gasteiger partial charge on any atom is 0.176 e. The summed E-state index contributed by atoms with van der Waals surface area (Å²) in [4.78, 5) is 1.10. The van der Waals surface area contributed by atoms with Crippen LogP contribution in [0, 0.1) is 5.13 Å². The van der Waals surface area contributed by atoms with E-state index in [-0.39, 0.29) is 5.13 Å². The van der Waals surface area contributed by atoms with E-state index in [0.717, 1.165) is 11.4 Å². The number of hydrogen-bond acceptors (Lipinski definition) is 2. The number of thiophene rings is 1. The summed E-state index contributed by atoms with van der Waals surface area (Å²) in [5.41, 5.74) is 0. The van der Waals surface area contributed by atoms with Crippen molar-refractivity contribution in [2.45, 2.75) is 44.7 Å². The van der Waals surface area contributed by atoms with Crippen molar-refractivity contribution in [3.8, 4) is 0 Å². The summed E-state index contributed by atoms with van der Waals surface area (Å²) in [5, 5.41) is 3.42. The van der Waals surface area contributed by atoms with Gasteiger partial charge in [-0.25, -0.2) is 0 Å². The van der Waals surface area contributed by atoms with Crippen molar-refractivity contribution >= 4 is 11.3 Å². The molecule has 0 bridgehead atoms. The highest BCUT2D eigenvalue weighted by Crippen LogP contribution is 2.19. The lowest BCUT2D eigenvalue weighted by Crippen LogP contribution is -2.30. The molecule has 0 atom stereocenters. The largest absolute Gasteiger partial charge is 0.309 e. The molecular weight excluding hydrogens is 197 g/mol. The third-order valence-corrected chi connectivity index (χ3v) is 3.67. The third kappa shape index (κ3) is 2.79. The van der Waals surface area contributed by atoms with Crippen LogP contribution >= 0.6 is 11.3 Å². The molecule has 0 saturated heterocycles. The molecule has 2 rings (SSSR count). The molecule has 0 aliphatic heterocycles. The minimum atomic E-state index is -0.0783. The molecule has 1 aliphatic carbocycles. The summed E-state index contributed by atoms with van der Waals surface area (Å²) in [6.45, 7) is 0.833. The van der Waals surface area contributed by atoms with Crippen LogP contribution in [0.4, 0.5) is 4.39 Å². The Labute approximate surface area is 88.3 Å². The van der Waals surface area contributed by atoms with Crippen molar-refractivity contribution in [1.29, 1.82) is 0 Å². The van der Waals surface area contributed by atoms with Crippen molar-refractivity contribution in [3.05, 3.63) is 22.1 Å². The van der Waals surface area contributed by atoms with Gasteiger partial charge in [0.2, 0.25) is 0 Å². The molecule has 1 nitrogen and oxygen atoms in total. The van der Waals surface area contributed by atoms with Crippen molar-refractivity contribution in [2.75, 3.05) is 0 Å². The van der Waals surface area contributed by atoms with Gasteiger partial charge < -0.3 is 5.32 Å². The Balaban J connectivity index is 1.76. The second-order valence-electron chi connectivity index (χ2n) is 3.92. The minimum Gasteiger partial charge on any atom is -0.309 e. The number of nitrogens with one attached hydrogen (secondary N) is 1. The first kappa shape index (κ1) is 10.1. The topological polar surface area (TPSA) is 12.0 Å². The molecule has 1 aliphatic rings. The molecule has 1 aromatic rings. The number of halogens is 1. The van der Waals surface area contributed by atoms with Crippen molar-refractivity contribution in [2.24, 2.45) is 0 Å². The van der Waals surface area contributed by atoms with Crippen molar-refractivity contribution in [3.63, 3.8) is 0 Å². The predicted molar refractivity (Wildman–Crippen MR) is 58.0 cm³/mol. The van der Waals surface area contributed by atoms with Gasteiger partial charge in [0, 0.05) is 17.5 Å². The van der Waals surface area contributed by atoms with Gasteiger partial charge in [0.05, 0.1) is 0 Å². The quantitative estimate of drug-likeness (QED) is 0.812. The van der Waals surface area contributed by atoms with Crippen LogP contribution in [0.15, 0.2) is 12.1 Å². The fourth-order valence-electron chi connectivity index (χ4n) is 2.00. The van der Waals surface area contributed by atoms with E-state index in [9.17, 15) is 4.39 Å². The van der Waals surface area contributed by atoms with E-state index in [4.69, 9.17) is 0 Å². The zero-order valence-electron chi connectivity index (χ0n) is 8.26. The highest BCUT2D eigenvalue weighted by molar-refractivity contribution is 7.10. The first-order valence-electron chi connectivity index (χ1n) is 5.32. The molecular formula is C11H16FNS. The zero-order chi connectivity index (χ0) is 9.80. The van der Waals surface area contributed by atoms with Gasteiger partial charge in [-0.2, -0.15) is 4.39 Å². The second kappa shape index (κ2) is 4.89. The Kier molecular flexibility index (Phi) is 3.54. The zero-order valence-corrected chi connectivity index (χ0v) is 9.08. The maximum absolute atomic E-state index is 12.7. The smallest absolute Gasteiger partial charge is 0.176 e. The Bertz CT molecular complexity index is 279. The van der Waals surface area contributed by atoms with E-state index in [1.807, 2.05) is 6.07 Å². The van der Waals surface area contributed by atoms with Gasteiger partial charge in [-0.3, -0.25) is 0 Å². The lowest BCUT2D eigenvalue weighted by molar-refractivity contribution is 0.373. The molecule has 0 spiro atoms. The van der Waals surface area contributed by atoms with Crippen LogP contribution in [0.2, 0.25) is 0 Å². The third-order valence-electron chi connectivity index (χ3n) is 2.80. The molecule has 0 unspecified atom stereocenters. The average Bonchev–Trinajstić information content (AvgIpc) is 2.63. The molecule has 0 amide bonds. The van der Waals surface area contributed by atoms with E-state index >= 15 is 0 Å². The van der Waals surface area contributed by atoms with E-state index in [1.165, 1.54) is 43.4 Å². The van der Waals surface area contributed by atoms with Crippen LogP contribution in [0.25, 0.3) is 0 Å². The van der Waals surface area contributed by atoms with Crippen LogP contribution in [0.3, 0.4) is 0 Å². The summed E-state index contributed by atoms with van der Waals surface area (Å²) in [7, 11) is 0. The molecule has 0 aromatic carbocycles. The summed E-state index contributed by atoms with van der Waals surface area (Å²) < 4.78 is 12.7. The molecule has 1 aromatic heterocycles. The molecule has 3 heteroatoms. The van der Waals surface area contributed by atoms with Crippen LogP contribution in [0.1, 0.15) is 37.0 Å². The maximum atomic E-state index is 12.7. The van der Waals surface area contributed by atoms with Crippen LogP contribution in [0.5, 0.6) is 0 Å². The van der Waals surface area contributed by atoms with Gasteiger partial charge in [0.25, 0.3) is 0 Å². The van der Waals surface area contributed by atoms with E-state index in [2.05, 4.69) is 5.32 Å². The van der Waals surface area contributed by atoms with Crippen LogP contribution < -0.4 is 5.32 Å². The molecule has 78 valence electrons. The average molecular weight is 213 g/mol. The SMILES string of the molecule is Fc1ccc(CNC2CCCCC2)s1. The second-order valence-corrected chi connectivity index (χ2v) is 5.04. The predicted octanol–water partition coefficient (Wildman–Crippen LogP) is 3.31. The van der Waals surface area contributed by atoms with Gasteiger partial charge in [-0.05, 0) is 25.0 Å². The first-order valence-corrected chi connectivity index (χ1v) is 6.14. The molecule has 1 fully saturated rings. The first-order chi connectivity index (χ1) is 6.84. The monoisotopic (exact) mass is 213 g/mol. The number of rotatable bonds is 3. The Hall–Kier alpha value is -0.410. The fourth-order valence-corrected chi connectivity index (χ4v) is 2.68. The van der Waals surface area contributed by atoms with E-state index in [1.54, 1.807) is 6.07 Å². The lowest BCUT2D eigenvalue weighted by atomic mass is 9.95. The fraction of sp³-hybridized carbons (Fsp3) is 0.636. The highest BCUT2D eigenvalue weighted by atomic mass is 32.1. The van der Waals surface area contributed by atoms with Gasteiger partial charge in [-0.1, -0.05) is 19.3 Å². The summed E-state index contributed by atoms with van der Waals surface area (Å²) in [6, 6.07) is 4.08. The normalized spacial score (nSPS) is 18.6. The summed E-state index contributed by atoms with van der Waals surface area (Å²) >= 11 is 1.25. The number of hydrogen-bond donors (Lipinski definition) is 1. The van der Waals surface area contributed by atoms with Gasteiger partial charge in [-0.15, -0.1) is 11.3 Å². The highest BCUT2D eigenvalue weighted by Gasteiger charge is 2.12. The molecule has 1 N–H and O–H groups in total. The van der Waals surface area contributed by atoms with E-state index < -0.39 is 0 Å². The summed E-state index contributed by atoms with van der Waals surface area (Å²) in [5.74, 6) is 0. The molecule has 0 radical (unpaired) electrons. The summed E-state index contributed by atoms with van der Waals surface area (Å²) in [6.07, 6.45) is 6.64. The van der Waals surface area contributed by atoms with Crippen LogP contribution in [-0.2, 0) is 6.54 Å². The Morgan fingerprint density at radius 3 is 2.71 bits per heavy atom. The lowest BCUT2D eigenvalue weighted by Gasteiger charge is -2.22.